The normalized spacial score (nSPS) is 26.3. The van der Waals surface area contributed by atoms with Crippen LogP contribution in [0.25, 0.3) is 0 Å². The van der Waals surface area contributed by atoms with Crippen LogP contribution in [0.4, 0.5) is 4.79 Å². The van der Waals surface area contributed by atoms with E-state index in [2.05, 4.69) is 22.5 Å². The highest BCUT2D eigenvalue weighted by molar-refractivity contribution is 14.0. The number of aliphatic imine (C=N–C) groups is 1. The molecular weight excluding hydrogens is 475 g/mol. The molecule has 1 amide bonds. The Balaban J connectivity index is 0.00000364. The van der Waals surface area contributed by atoms with E-state index < -0.39 is 5.60 Å². The smallest absolute Gasteiger partial charge is 0.410 e. The third-order valence-corrected chi connectivity index (χ3v) is 6.42. The molecule has 158 valence electrons. The van der Waals surface area contributed by atoms with Crippen LogP contribution in [0.1, 0.15) is 53.4 Å². The summed E-state index contributed by atoms with van der Waals surface area (Å²) in [6, 6.07) is 0. The molecule has 2 atom stereocenters. The Kier molecular flexibility index (Phi) is 10.0. The molecule has 0 spiro atoms. The molecule has 2 saturated heterocycles. The van der Waals surface area contributed by atoms with Crippen molar-refractivity contribution in [2.24, 2.45) is 10.9 Å². The molecule has 2 fully saturated rings. The first-order valence-electron chi connectivity index (χ1n) is 9.77. The maximum Gasteiger partial charge on any atom is 0.410 e. The van der Waals surface area contributed by atoms with Crippen molar-refractivity contribution in [2.75, 3.05) is 39.0 Å². The molecule has 0 aromatic carbocycles. The molecule has 2 aliphatic heterocycles. The van der Waals surface area contributed by atoms with Crippen LogP contribution in [0.5, 0.6) is 0 Å². The number of likely N-dealkylation sites (tertiary alicyclic amines) is 1. The topological polar surface area (TPSA) is 66.0 Å². The summed E-state index contributed by atoms with van der Waals surface area (Å²) in [4.78, 5) is 18.5. The van der Waals surface area contributed by atoms with Crippen LogP contribution in [0.3, 0.4) is 0 Å². The maximum absolute atomic E-state index is 12.3. The van der Waals surface area contributed by atoms with E-state index in [9.17, 15) is 4.79 Å². The molecule has 0 aliphatic carbocycles. The summed E-state index contributed by atoms with van der Waals surface area (Å²) in [5.41, 5.74) is -0.442. The number of hydrogen-bond acceptors (Lipinski definition) is 4. The third-order valence-electron chi connectivity index (χ3n) is 4.88. The van der Waals surface area contributed by atoms with Gasteiger partial charge in [0.15, 0.2) is 5.96 Å². The summed E-state index contributed by atoms with van der Waals surface area (Å²) >= 11 is 2.05. The zero-order chi connectivity index (χ0) is 19.2. The lowest BCUT2D eigenvalue weighted by atomic mass is 9.98. The number of guanidine groups is 1. The van der Waals surface area contributed by atoms with E-state index in [0.717, 1.165) is 45.0 Å². The van der Waals surface area contributed by atoms with Crippen LogP contribution in [-0.2, 0) is 4.74 Å². The van der Waals surface area contributed by atoms with Crippen molar-refractivity contribution in [1.82, 2.24) is 15.5 Å². The van der Waals surface area contributed by atoms with E-state index >= 15 is 0 Å². The average molecular weight is 513 g/mol. The van der Waals surface area contributed by atoms with Crippen molar-refractivity contribution in [3.8, 4) is 0 Å². The molecule has 0 aromatic heterocycles. The van der Waals surface area contributed by atoms with E-state index in [1.54, 1.807) is 0 Å². The number of thioether (sulfide) groups is 1. The fraction of sp³-hybridized carbons (Fsp3) is 0.895. The lowest BCUT2D eigenvalue weighted by Crippen LogP contribution is -2.48. The fourth-order valence-corrected chi connectivity index (χ4v) is 4.68. The number of hydrogen-bond donors (Lipinski definition) is 2. The number of amides is 1. The van der Waals surface area contributed by atoms with Gasteiger partial charge < -0.3 is 20.3 Å². The van der Waals surface area contributed by atoms with Gasteiger partial charge in [0.05, 0.1) is 0 Å². The molecule has 6 nitrogen and oxygen atoms in total. The second kappa shape index (κ2) is 11.0. The number of nitrogens with one attached hydrogen (secondary N) is 2. The highest BCUT2D eigenvalue weighted by Crippen LogP contribution is 2.36. The van der Waals surface area contributed by atoms with E-state index in [4.69, 9.17) is 4.74 Å². The first-order valence-corrected chi connectivity index (χ1v) is 10.8. The standard InChI is InChI=1S/C19H36N4O2S.HI/c1-18(2,3)25-17(24)23-10-6-8-15(13-23)12-21-16(20-5)22-14-19(4)9-7-11-26-19;/h15H,6-14H2,1-5H3,(H2,20,21,22);1H. The van der Waals surface area contributed by atoms with E-state index in [-0.39, 0.29) is 30.1 Å². The van der Waals surface area contributed by atoms with Crippen molar-refractivity contribution in [3.63, 3.8) is 0 Å². The second-order valence-corrected chi connectivity index (χ2v) is 10.3. The molecule has 2 rings (SSSR count). The number of halogens is 1. The van der Waals surface area contributed by atoms with Gasteiger partial charge in [-0.3, -0.25) is 4.99 Å². The van der Waals surface area contributed by atoms with Gasteiger partial charge in [-0.2, -0.15) is 11.8 Å². The fourth-order valence-electron chi connectivity index (χ4n) is 3.43. The molecule has 27 heavy (non-hydrogen) atoms. The third kappa shape index (κ3) is 8.66. The van der Waals surface area contributed by atoms with E-state index in [0.29, 0.717) is 10.7 Å². The van der Waals surface area contributed by atoms with Crippen LogP contribution >= 0.6 is 35.7 Å². The Labute approximate surface area is 186 Å². The van der Waals surface area contributed by atoms with Gasteiger partial charge in [-0.1, -0.05) is 0 Å². The molecule has 2 unspecified atom stereocenters. The van der Waals surface area contributed by atoms with E-state index in [1.807, 2.05) is 44.5 Å². The number of carbonyl (C=O) groups excluding carboxylic acids is 1. The molecule has 0 radical (unpaired) electrons. The Hall–Kier alpha value is -0.380. The highest BCUT2D eigenvalue weighted by atomic mass is 127. The monoisotopic (exact) mass is 512 g/mol. The Morgan fingerprint density at radius 2 is 2.07 bits per heavy atom. The largest absolute Gasteiger partial charge is 0.444 e. The first kappa shape index (κ1) is 24.7. The summed E-state index contributed by atoms with van der Waals surface area (Å²) < 4.78 is 5.82. The number of ether oxygens (including phenoxy) is 1. The van der Waals surface area contributed by atoms with Crippen molar-refractivity contribution < 1.29 is 9.53 Å². The lowest BCUT2D eigenvalue weighted by Gasteiger charge is -2.34. The quantitative estimate of drug-likeness (QED) is 0.342. The maximum atomic E-state index is 12.3. The van der Waals surface area contributed by atoms with E-state index in [1.165, 1.54) is 18.6 Å². The first-order chi connectivity index (χ1) is 12.2. The molecule has 2 heterocycles. The molecule has 0 bridgehead atoms. The minimum atomic E-state index is -0.442. The molecule has 0 saturated carbocycles. The number of piperidine rings is 1. The lowest BCUT2D eigenvalue weighted by molar-refractivity contribution is 0.0168. The molecule has 2 aliphatic rings. The minimum absolute atomic E-state index is 0. The second-order valence-electron chi connectivity index (χ2n) is 8.64. The molecular formula is C19H37IN4O2S. The van der Waals surface area contributed by atoms with Crippen molar-refractivity contribution >= 4 is 47.8 Å². The minimum Gasteiger partial charge on any atom is -0.444 e. The summed E-state index contributed by atoms with van der Waals surface area (Å²) in [6.45, 7) is 11.3. The zero-order valence-corrected chi connectivity index (χ0v) is 20.6. The van der Waals surface area contributed by atoms with Gasteiger partial charge in [0, 0.05) is 38.0 Å². The van der Waals surface area contributed by atoms with Crippen LogP contribution in [-0.4, -0.2) is 66.3 Å². The van der Waals surface area contributed by atoms with Crippen LogP contribution in [0.15, 0.2) is 4.99 Å². The number of nitrogens with zero attached hydrogens (tertiary/aromatic N) is 2. The number of carbonyl (C=O) groups is 1. The molecule has 0 aromatic rings. The summed E-state index contributed by atoms with van der Waals surface area (Å²) in [5.74, 6) is 2.53. The average Bonchev–Trinajstić information content (AvgIpc) is 3.01. The van der Waals surface area contributed by atoms with Crippen LogP contribution < -0.4 is 10.6 Å². The van der Waals surface area contributed by atoms with Gasteiger partial charge in [-0.15, -0.1) is 24.0 Å². The summed E-state index contributed by atoms with van der Waals surface area (Å²) in [6.07, 6.45) is 4.51. The van der Waals surface area contributed by atoms with Gasteiger partial charge in [-0.05, 0) is 65.0 Å². The van der Waals surface area contributed by atoms with Gasteiger partial charge in [-0.25, -0.2) is 4.79 Å². The zero-order valence-electron chi connectivity index (χ0n) is 17.5. The summed E-state index contributed by atoms with van der Waals surface area (Å²) in [5, 5.41) is 6.91. The van der Waals surface area contributed by atoms with Crippen LogP contribution in [0, 0.1) is 5.92 Å². The SMILES string of the molecule is CN=C(NCC1CCCN(C(=O)OC(C)(C)C)C1)NCC1(C)CCCS1.I. The van der Waals surface area contributed by atoms with Gasteiger partial charge in [0.1, 0.15) is 5.60 Å². The van der Waals surface area contributed by atoms with Gasteiger partial charge in [0.25, 0.3) is 0 Å². The summed E-state index contributed by atoms with van der Waals surface area (Å²) in [7, 11) is 1.81. The Morgan fingerprint density at radius 3 is 2.67 bits per heavy atom. The van der Waals surface area contributed by atoms with Crippen molar-refractivity contribution in [2.45, 2.75) is 63.7 Å². The Bertz CT molecular complexity index is 504. The van der Waals surface area contributed by atoms with Gasteiger partial charge >= 0.3 is 6.09 Å². The predicted octanol–water partition coefficient (Wildman–Crippen LogP) is 3.70. The predicted molar refractivity (Wildman–Crippen MR) is 125 cm³/mol. The highest BCUT2D eigenvalue weighted by Gasteiger charge is 2.30. The Morgan fingerprint density at radius 1 is 1.33 bits per heavy atom. The van der Waals surface area contributed by atoms with Crippen molar-refractivity contribution in [1.29, 1.82) is 0 Å². The van der Waals surface area contributed by atoms with Crippen molar-refractivity contribution in [3.05, 3.63) is 0 Å². The number of rotatable bonds is 4. The molecule has 8 heteroatoms. The van der Waals surface area contributed by atoms with Gasteiger partial charge in [0.2, 0.25) is 0 Å². The molecule has 2 N–H and O–H groups in total. The van der Waals surface area contributed by atoms with Crippen LogP contribution in [0.2, 0.25) is 0 Å².